The predicted molar refractivity (Wildman–Crippen MR) is 150 cm³/mol. The number of nitrogens with zero attached hydrogens (tertiary/aromatic N) is 4. The van der Waals surface area contributed by atoms with E-state index in [1.807, 2.05) is 85.1 Å². The summed E-state index contributed by atoms with van der Waals surface area (Å²) in [6.45, 7) is 4.20. The van der Waals surface area contributed by atoms with Crippen molar-refractivity contribution in [3.05, 3.63) is 103 Å². The summed E-state index contributed by atoms with van der Waals surface area (Å²) in [6.07, 6.45) is 0. The Morgan fingerprint density at radius 3 is 2.46 bits per heavy atom. The molecule has 0 saturated heterocycles. The topological polar surface area (TPSA) is 92.3 Å². The zero-order chi connectivity index (χ0) is 26.4. The van der Waals surface area contributed by atoms with Gasteiger partial charge < -0.3 is 9.47 Å². The zero-order valence-electron chi connectivity index (χ0n) is 20.1. The average molecular weight is 648 g/mol. The van der Waals surface area contributed by atoms with Gasteiger partial charge in [0.2, 0.25) is 6.54 Å². The Balaban J connectivity index is 1.66. The number of benzene rings is 3. The monoisotopic (exact) mass is 646 g/mol. The maximum absolute atomic E-state index is 11.7. The maximum Gasteiger partial charge on any atom is 0.220 e. The van der Waals surface area contributed by atoms with Crippen molar-refractivity contribution >= 4 is 43.6 Å². The van der Waals surface area contributed by atoms with Crippen LogP contribution in [0.3, 0.4) is 0 Å². The van der Waals surface area contributed by atoms with E-state index >= 15 is 0 Å². The highest BCUT2D eigenvalue weighted by atomic mass is 79.9. The molecule has 8 nitrogen and oxygen atoms in total. The Labute approximate surface area is 235 Å². The lowest BCUT2D eigenvalue weighted by molar-refractivity contribution is -0.479. The van der Waals surface area contributed by atoms with Crippen LogP contribution in [0, 0.1) is 17.0 Å². The van der Waals surface area contributed by atoms with Crippen LogP contribution in [0.5, 0.6) is 11.5 Å². The van der Waals surface area contributed by atoms with E-state index in [1.54, 1.807) is 0 Å². The number of hydrogen-bond donors (Lipinski definition) is 0. The van der Waals surface area contributed by atoms with E-state index in [1.165, 1.54) is 11.8 Å². The second kappa shape index (κ2) is 12.6. The van der Waals surface area contributed by atoms with Gasteiger partial charge >= 0.3 is 0 Å². The van der Waals surface area contributed by atoms with Crippen LogP contribution in [0.25, 0.3) is 5.69 Å². The summed E-state index contributed by atoms with van der Waals surface area (Å²) >= 11 is 8.33. The molecule has 0 aliphatic carbocycles. The molecule has 0 radical (unpaired) electrons. The van der Waals surface area contributed by atoms with Gasteiger partial charge in [0.25, 0.3) is 0 Å². The Morgan fingerprint density at radius 2 is 1.78 bits per heavy atom. The number of aryl methyl sites for hydroxylation is 1. The number of hydrogen-bond acceptors (Lipinski definition) is 7. The molecule has 0 fully saturated rings. The maximum atomic E-state index is 11.7. The number of rotatable bonds is 11. The number of thioether (sulfide) groups is 1. The van der Waals surface area contributed by atoms with Gasteiger partial charge in [0.1, 0.15) is 17.7 Å². The summed E-state index contributed by atoms with van der Waals surface area (Å²) in [5, 5.41) is 20.2. The van der Waals surface area contributed by atoms with Gasteiger partial charge in [0, 0.05) is 15.1 Å². The minimum Gasteiger partial charge on any atom is -0.490 e. The number of nitro groups is 1. The smallest absolute Gasteiger partial charge is 0.220 e. The van der Waals surface area contributed by atoms with Crippen LogP contribution < -0.4 is 9.47 Å². The number of aromatic nitrogens is 3. The van der Waals surface area contributed by atoms with E-state index in [0.717, 1.165) is 15.7 Å². The van der Waals surface area contributed by atoms with Gasteiger partial charge in [0.05, 0.1) is 11.1 Å². The summed E-state index contributed by atoms with van der Waals surface area (Å²) in [6, 6.07) is 21.2. The summed E-state index contributed by atoms with van der Waals surface area (Å²) in [5.41, 5.74) is 2.60. The molecular formula is C26H24Br2N4O4S. The molecule has 3 aromatic carbocycles. The predicted octanol–water partition coefficient (Wildman–Crippen LogP) is 7.19. The van der Waals surface area contributed by atoms with Crippen molar-refractivity contribution in [2.24, 2.45) is 0 Å². The molecular weight excluding hydrogens is 624 g/mol. The second-order valence-electron chi connectivity index (χ2n) is 8.00. The molecule has 192 valence electrons. The fraction of sp³-hybridized carbons (Fsp3) is 0.231. The molecule has 0 N–H and O–H groups in total. The first kappa shape index (κ1) is 27.2. The van der Waals surface area contributed by atoms with E-state index in [9.17, 15) is 10.1 Å². The van der Waals surface area contributed by atoms with Crippen molar-refractivity contribution in [2.45, 2.75) is 30.9 Å². The lowest BCUT2D eigenvalue weighted by atomic mass is 10.1. The molecule has 1 atom stereocenters. The molecule has 0 amide bonds. The first-order chi connectivity index (χ1) is 17.9. The third-order valence-electron chi connectivity index (χ3n) is 5.37. The van der Waals surface area contributed by atoms with Crippen LogP contribution in [-0.2, 0) is 6.61 Å². The van der Waals surface area contributed by atoms with E-state index in [4.69, 9.17) is 9.47 Å². The number of halogens is 2. The first-order valence-electron chi connectivity index (χ1n) is 11.4. The summed E-state index contributed by atoms with van der Waals surface area (Å²) in [7, 11) is 0. The fourth-order valence-electron chi connectivity index (χ4n) is 3.68. The highest BCUT2D eigenvalue weighted by molar-refractivity contribution is 9.10. The normalized spacial score (nSPS) is 11.8. The third kappa shape index (κ3) is 6.91. The molecule has 4 aromatic rings. The van der Waals surface area contributed by atoms with Gasteiger partial charge in [-0.3, -0.25) is 14.7 Å². The molecule has 11 heteroatoms. The van der Waals surface area contributed by atoms with Crippen LogP contribution >= 0.6 is 43.6 Å². The Bertz CT molecular complexity index is 1370. The highest BCUT2D eigenvalue weighted by Gasteiger charge is 2.26. The molecule has 0 aliphatic heterocycles. The molecule has 37 heavy (non-hydrogen) atoms. The van der Waals surface area contributed by atoms with Crippen LogP contribution in [-0.4, -0.2) is 32.8 Å². The summed E-state index contributed by atoms with van der Waals surface area (Å²) in [4.78, 5) is 11.3. The molecule has 0 unspecified atom stereocenters. The minimum atomic E-state index is -0.544. The Morgan fingerprint density at radius 1 is 1.05 bits per heavy atom. The molecule has 0 spiro atoms. The van der Waals surface area contributed by atoms with E-state index in [-0.39, 0.29) is 11.5 Å². The fourth-order valence-corrected chi connectivity index (χ4v) is 5.67. The molecule has 0 bridgehead atoms. The van der Waals surface area contributed by atoms with Crippen molar-refractivity contribution in [3.8, 4) is 17.2 Å². The van der Waals surface area contributed by atoms with Gasteiger partial charge in [-0.25, -0.2) is 0 Å². The largest absolute Gasteiger partial charge is 0.490 e. The average Bonchev–Trinajstić information content (AvgIpc) is 3.24. The lowest BCUT2D eigenvalue weighted by Gasteiger charge is -2.19. The molecule has 4 rings (SSSR count). The van der Waals surface area contributed by atoms with Gasteiger partial charge in [0.15, 0.2) is 16.7 Å². The van der Waals surface area contributed by atoms with Crippen LogP contribution in [0.4, 0.5) is 0 Å². The molecule has 0 saturated carbocycles. The van der Waals surface area contributed by atoms with E-state index in [0.29, 0.717) is 45.7 Å². The van der Waals surface area contributed by atoms with Gasteiger partial charge in [-0.1, -0.05) is 58.0 Å². The Hall–Kier alpha value is -2.89. The van der Waals surface area contributed by atoms with Gasteiger partial charge in [-0.2, -0.15) is 0 Å². The van der Waals surface area contributed by atoms with Gasteiger partial charge in [-0.05, 0) is 77.3 Å². The van der Waals surface area contributed by atoms with Crippen LogP contribution in [0.15, 0.2) is 80.8 Å². The first-order valence-corrected chi connectivity index (χ1v) is 13.9. The van der Waals surface area contributed by atoms with Crippen molar-refractivity contribution in [2.75, 3.05) is 13.2 Å². The third-order valence-corrected chi connectivity index (χ3v) is 7.67. The Kier molecular flexibility index (Phi) is 9.23. The second-order valence-corrected chi connectivity index (χ2v) is 10.9. The zero-order valence-corrected chi connectivity index (χ0v) is 24.1. The highest BCUT2D eigenvalue weighted by Crippen LogP contribution is 2.43. The SMILES string of the molecule is CCOc1cc([C@@H](C[N+](=O)[O-])Sc2nnc(C)n2-c2ccccc2)cc(Br)c1OCc1ccc(Br)cc1. The van der Waals surface area contributed by atoms with Crippen LogP contribution in [0.2, 0.25) is 0 Å². The van der Waals surface area contributed by atoms with Crippen molar-refractivity contribution in [1.29, 1.82) is 0 Å². The standard InChI is InChI=1S/C26H24Br2N4O4S/c1-3-35-23-14-19(13-22(28)25(23)36-16-18-9-11-20(27)12-10-18)24(15-31(33)34)37-26-30-29-17(2)32(26)21-7-5-4-6-8-21/h4-14,24H,3,15-16H2,1-2H3/t24-/m1/s1. The summed E-state index contributed by atoms with van der Waals surface area (Å²) < 4.78 is 15.5. The van der Waals surface area contributed by atoms with Crippen LogP contribution in [0.1, 0.15) is 29.1 Å². The van der Waals surface area contributed by atoms with Gasteiger partial charge in [-0.15, -0.1) is 10.2 Å². The van der Waals surface area contributed by atoms with Crippen molar-refractivity contribution < 1.29 is 14.4 Å². The molecule has 0 aliphatic rings. The van der Waals surface area contributed by atoms with E-state index in [2.05, 4.69) is 42.1 Å². The number of para-hydroxylation sites is 1. The minimum absolute atomic E-state index is 0.303. The quantitative estimate of drug-likeness (QED) is 0.0966. The summed E-state index contributed by atoms with van der Waals surface area (Å²) in [5.74, 6) is 1.75. The van der Waals surface area contributed by atoms with Crippen molar-refractivity contribution in [3.63, 3.8) is 0 Å². The van der Waals surface area contributed by atoms with Crippen molar-refractivity contribution in [1.82, 2.24) is 14.8 Å². The van der Waals surface area contributed by atoms with E-state index < -0.39 is 5.25 Å². The molecule has 1 heterocycles. The lowest BCUT2D eigenvalue weighted by Crippen LogP contribution is -2.12. The molecule has 1 aromatic heterocycles. The number of ether oxygens (including phenoxy) is 2.